The molecule has 7 nitrogen and oxygen atoms in total. The number of aromatic nitrogens is 1. The molecule has 0 saturated carbocycles. The topological polar surface area (TPSA) is 74.8 Å². The predicted octanol–water partition coefficient (Wildman–Crippen LogP) is 1.94. The molecule has 0 atom stereocenters. The quantitative estimate of drug-likeness (QED) is 0.826. The van der Waals surface area contributed by atoms with E-state index in [1.165, 1.54) is 0 Å². The summed E-state index contributed by atoms with van der Waals surface area (Å²) in [6.45, 7) is 5.08. The number of rotatable bonds is 7. The third-order valence-corrected chi connectivity index (χ3v) is 4.63. The van der Waals surface area contributed by atoms with E-state index < -0.39 is 0 Å². The molecule has 0 aromatic carbocycles. The highest BCUT2D eigenvalue weighted by Gasteiger charge is 2.21. The number of likely N-dealkylation sites (tertiary alicyclic amines) is 1. The second-order valence-electron chi connectivity index (χ2n) is 6.85. The first-order valence-electron chi connectivity index (χ1n) is 8.77. The number of hydrogen-bond donors (Lipinski definition) is 1. The molecule has 136 valence electrons. The fourth-order valence-electron chi connectivity index (χ4n) is 3.00. The first kappa shape index (κ1) is 17.7. The number of furan rings is 1. The van der Waals surface area contributed by atoms with Gasteiger partial charge in [-0.05, 0) is 58.1 Å². The molecule has 3 rings (SSSR count). The van der Waals surface area contributed by atoms with Crippen molar-refractivity contribution in [3.05, 3.63) is 30.2 Å². The Morgan fingerprint density at radius 1 is 1.36 bits per heavy atom. The summed E-state index contributed by atoms with van der Waals surface area (Å²) >= 11 is 0. The molecular weight excluding hydrogens is 320 g/mol. The molecule has 1 saturated heterocycles. The number of carbonyl (C=O) groups excluding carboxylic acids is 1. The average Bonchev–Trinajstić information content (AvgIpc) is 3.29. The minimum atomic E-state index is -0.198. The highest BCUT2D eigenvalue weighted by atomic mass is 16.5. The Bertz CT molecular complexity index is 658. The van der Waals surface area contributed by atoms with E-state index in [4.69, 9.17) is 8.94 Å². The lowest BCUT2D eigenvalue weighted by Crippen LogP contribution is -2.41. The van der Waals surface area contributed by atoms with Gasteiger partial charge < -0.3 is 24.1 Å². The Kier molecular flexibility index (Phi) is 5.88. The van der Waals surface area contributed by atoms with Gasteiger partial charge in [-0.2, -0.15) is 0 Å². The average molecular weight is 346 g/mol. The molecule has 1 N–H and O–H groups in total. The van der Waals surface area contributed by atoms with Crippen LogP contribution in [0.5, 0.6) is 0 Å². The van der Waals surface area contributed by atoms with Crippen molar-refractivity contribution in [1.82, 2.24) is 20.3 Å². The standard InChI is InChI=1S/C18H26N4O3/c1-21(2)9-10-22-7-5-14(6-8-22)13-19-18(23)15-12-17(25-20-15)16-4-3-11-24-16/h3-4,11-12,14H,5-10,13H2,1-2H3,(H,19,23). The number of nitrogens with one attached hydrogen (secondary N) is 1. The number of piperidine rings is 1. The first-order chi connectivity index (χ1) is 12.1. The van der Waals surface area contributed by atoms with Gasteiger partial charge in [-0.25, -0.2) is 0 Å². The number of hydrogen-bond acceptors (Lipinski definition) is 6. The highest BCUT2D eigenvalue weighted by molar-refractivity contribution is 5.92. The summed E-state index contributed by atoms with van der Waals surface area (Å²) in [7, 11) is 4.20. The maximum atomic E-state index is 12.2. The van der Waals surface area contributed by atoms with Crippen LogP contribution < -0.4 is 5.32 Å². The number of amides is 1. The van der Waals surface area contributed by atoms with Gasteiger partial charge in [-0.3, -0.25) is 4.79 Å². The van der Waals surface area contributed by atoms with Crippen molar-refractivity contribution >= 4 is 5.91 Å². The van der Waals surface area contributed by atoms with Crippen LogP contribution in [0.1, 0.15) is 23.3 Å². The van der Waals surface area contributed by atoms with Crippen LogP contribution in [0.2, 0.25) is 0 Å². The van der Waals surface area contributed by atoms with E-state index in [2.05, 4.69) is 34.4 Å². The van der Waals surface area contributed by atoms with Gasteiger partial charge in [0.25, 0.3) is 5.91 Å². The summed E-state index contributed by atoms with van der Waals surface area (Å²) in [4.78, 5) is 16.9. The molecule has 3 heterocycles. The smallest absolute Gasteiger partial charge is 0.273 e. The second-order valence-corrected chi connectivity index (χ2v) is 6.85. The third kappa shape index (κ3) is 4.93. The zero-order valence-electron chi connectivity index (χ0n) is 14.9. The largest absolute Gasteiger partial charge is 0.461 e. The van der Waals surface area contributed by atoms with Crippen molar-refractivity contribution in [1.29, 1.82) is 0 Å². The molecule has 1 aliphatic heterocycles. The van der Waals surface area contributed by atoms with E-state index in [9.17, 15) is 4.79 Å². The van der Waals surface area contributed by atoms with Gasteiger partial charge in [0.05, 0.1) is 6.26 Å². The van der Waals surface area contributed by atoms with Gasteiger partial charge in [-0.15, -0.1) is 0 Å². The minimum absolute atomic E-state index is 0.198. The van der Waals surface area contributed by atoms with Crippen molar-refractivity contribution in [2.45, 2.75) is 12.8 Å². The lowest BCUT2D eigenvalue weighted by molar-refractivity contribution is 0.0926. The van der Waals surface area contributed by atoms with Crippen LogP contribution in [0.15, 0.2) is 33.4 Å². The Morgan fingerprint density at radius 3 is 2.84 bits per heavy atom. The molecule has 7 heteroatoms. The van der Waals surface area contributed by atoms with Gasteiger partial charge in [-0.1, -0.05) is 5.16 Å². The molecular formula is C18H26N4O3. The van der Waals surface area contributed by atoms with Gasteiger partial charge in [0.15, 0.2) is 11.5 Å². The second kappa shape index (κ2) is 8.31. The third-order valence-electron chi connectivity index (χ3n) is 4.63. The molecule has 0 spiro atoms. The van der Waals surface area contributed by atoms with E-state index in [0.717, 1.165) is 39.0 Å². The Labute approximate surface area is 147 Å². The van der Waals surface area contributed by atoms with Crippen molar-refractivity contribution in [2.75, 3.05) is 46.8 Å². The van der Waals surface area contributed by atoms with Gasteiger partial charge in [0, 0.05) is 25.7 Å². The van der Waals surface area contributed by atoms with E-state index in [0.29, 0.717) is 24.0 Å². The lowest BCUT2D eigenvalue weighted by atomic mass is 9.97. The molecule has 0 unspecified atom stereocenters. The molecule has 1 amide bonds. The molecule has 1 fully saturated rings. The molecule has 0 bridgehead atoms. The van der Waals surface area contributed by atoms with Crippen molar-refractivity contribution < 1.29 is 13.7 Å². The molecule has 0 radical (unpaired) electrons. The first-order valence-corrected chi connectivity index (χ1v) is 8.77. The van der Waals surface area contributed by atoms with Crippen LogP contribution in [0.25, 0.3) is 11.5 Å². The molecule has 0 aliphatic carbocycles. The van der Waals surface area contributed by atoms with Crippen LogP contribution >= 0.6 is 0 Å². The van der Waals surface area contributed by atoms with E-state index >= 15 is 0 Å². The molecule has 2 aromatic rings. The SMILES string of the molecule is CN(C)CCN1CCC(CNC(=O)c2cc(-c3ccco3)on2)CC1. The van der Waals surface area contributed by atoms with Crippen LogP contribution in [0.3, 0.4) is 0 Å². The van der Waals surface area contributed by atoms with E-state index in [1.807, 2.05) is 0 Å². The van der Waals surface area contributed by atoms with Gasteiger partial charge in [0.2, 0.25) is 5.76 Å². The van der Waals surface area contributed by atoms with E-state index in [1.54, 1.807) is 24.5 Å². The van der Waals surface area contributed by atoms with Gasteiger partial charge in [0.1, 0.15) is 0 Å². The lowest BCUT2D eigenvalue weighted by Gasteiger charge is -2.32. The monoisotopic (exact) mass is 346 g/mol. The maximum absolute atomic E-state index is 12.2. The normalized spacial score (nSPS) is 16.4. The Hall–Kier alpha value is -2.12. The number of carbonyl (C=O) groups is 1. The molecule has 1 aliphatic rings. The van der Waals surface area contributed by atoms with Crippen LogP contribution in [-0.4, -0.2) is 67.7 Å². The zero-order chi connectivity index (χ0) is 17.6. The summed E-state index contributed by atoms with van der Waals surface area (Å²) in [6.07, 6.45) is 3.79. The summed E-state index contributed by atoms with van der Waals surface area (Å²) in [6, 6.07) is 5.15. The summed E-state index contributed by atoms with van der Waals surface area (Å²) in [5, 5.41) is 6.80. The van der Waals surface area contributed by atoms with Crippen molar-refractivity contribution in [2.24, 2.45) is 5.92 Å². The number of nitrogens with zero attached hydrogens (tertiary/aromatic N) is 3. The Morgan fingerprint density at radius 2 is 2.16 bits per heavy atom. The fraction of sp³-hybridized carbons (Fsp3) is 0.556. The van der Waals surface area contributed by atoms with Crippen LogP contribution in [0.4, 0.5) is 0 Å². The molecule has 25 heavy (non-hydrogen) atoms. The predicted molar refractivity (Wildman–Crippen MR) is 94.3 cm³/mol. The van der Waals surface area contributed by atoms with E-state index in [-0.39, 0.29) is 11.6 Å². The van der Waals surface area contributed by atoms with Crippen molar-refractivity contribution in [3.8, 4) is 11.5 Å². The maximum Gasteiger partial charge on any atom is 0.273 e. The van der Waals surface area contributed by atoms with Crippen LogP contribution in [0, 0.1) is 5.92 Å². The molecule has 2 aromatic heterocycles. The van der Waals surface area contributed by atoms with Crippen LogP contribution in [-0.2, 0) is 0 Å². The minimum Gasteiger partial charge on any atom is -0.461 e. The Balaban J connectivity index is 1.41. The number of likely N-dealkylation sites (N-methyl/N-ethyl adjacent to an activating group) is 1. The summed E-state index contributed by atoms with van der Waals surface area (Å²) in [5.74, 6) is 1.36. The summed E-state index contributed by atoms with van der Waals surface area (Å²) in [5.41, 5.74) is 0.287. The summed E-state index contributed by atoms with van der Waals surface area (Å²) < 4.78 is 10.4. The van der Waals surface area contributed by atoms with Crippen molar-refractivity contribution in [3.63, 3.8) is 0 Å². The highest BCUT2D eigenvalue weighted by Crippen LogP contribution is 2.21. The van der Waals surface area contributed by atoms with Gasteiger partial charge >= 0.3 is 0 Å². The fourth-order valence-corrected chi connectivity index (χ4v) is 3.00. The zero-order valence-corrected chi connectivity index (χ0v) is 14.9.